The molecule has 1 N–H and O–H groups in total. The number of anilines is 1. The number of rotatable bonds is 3. The van der Waals surface area contributed by atoms with Crippen molar-refractivity contribution < 1.29 is 9.72 Å². The highest BCUT2D eigenvalue weighted by Gasteiger charge is 2.27. The zero-order valence-corrected chi connectivity index (χ0v) is 20.1. The van der Waals surface area contributed by atoms with Gasteiger partial charge in [-0.15, -0.1) is 11.3 Å². The Kier molecular flexibility index (Phi) is 6.52. The van der Waals surface area contributed by atoms with E-state index in [0.29, 0.717) is 56.3 Å². The normalized spacial score (nSPS) is 14.0. The third kappa shape index (κ3) is 4.38. The second-order valence-corrected chi connectivity index (χ2v) is 9.53. The highest BCUT2D eigenvalue weighted by atomic mass is 35.5. The van der Waals surface area contributed by atoms with Crippen LogP contribution in [0, 0.1) is 17.0 Å². The smallest absolute Gasteiger partial charge is 0.270 e. The van der Waals surface area contributed by atoms with Gasteiger partial charge in [-0.05, 0) is 42.9 Å². The number of nitrogens with zero attached hydrogens (tertiary/aromatic N) is 3. The zero-order chi connectivity index (χ0) is 23.0. The van der Waals surface area contributed by atoms with E-state index < -0.39 is 4.92 Å². The highest BCUT2D eigenvalue weighted by molar-refractivity contribution is 7.80. The summed E-state index contributed by atoms with van der Waals surface area (Å²) in [4.78, 5) is 27.8. The summed E-state index contributed by atoms with van der Waals surface area (Å²) in [5, 5.41) is 16.5. The van der Waals surface area contributed by atoms with Crippen LogP contribution in [0.5, 0.6) is 0 Å². The van der Waals surface area contributed by atoms with Gasteiger partial charge in [0.05, 0.1) is 9.95 Å². The van der Waals surface area contributed by atoms with Gasteiger partial charge in [-0.3, -0.25) is 14.9 Å². The molecule has 0 bridgehead atoms. The zero-order valence-electron chi connectivity index (χ0n) is 16.9. The second kappa shape index (κ2) is 9.19. The van der Waals surface area contributed by atoms with Crippen LogP contribution in [0.15, 0.2) is 36.4 Å². The molecule has 1 saturated heterocycles. The average molecular weight is 509 g/mol. The number of nitro benzene ring substituents is 1. The van der Waals surface area contributed by atoms with Crippen molar-refractivity contribution in [1.82, 2.24) is 9.80 Å². The number of halogens is 2. The van der Waals surface area contributed by atoms with E-state index in [0.717, 1.165) is 11.3 Å². The number of carbonyl (C=O) groups excluding carboxylic acids is 1. The van der Waals surface area contributed by atoms with Crippen LogP contribution < -0.4 is 5.32 Å². The molecular weight excluding hydrogens is 491 g/mol. The van der Waals surface area contributed by atoms with Crippen LogP contribution in [0.25, 0.3) is 10.1 Å². The number of piperazine rings is 1. The van der Waals surface area contributed by atoms with Crippen molar-refractivity contribution in [2.45, 2.75) is 6.92 Å². The molecule has 1 aromatic heterocycles. The van der Waals surface area contributed by atoms with Gasteiger partial charge < -0.3 is 15.1 Å². The molecule has 0 spiro atoms. The molecule has 2 aromatic carbocycles. The van der Waals surface area contributed by atoms with E-state index in [9.17, 15) is 14.9 Å². The lowest BCUT2D eigenvalue weighted by atomic mass is 10.2. The molecule has 4 rings (SSSR count). The fourth-order valence-electron chi connectivity index (χ4n) is 3.50. The van der Waals surface area contributed by atoms with Crippen LogP contribution in [-0.2, 0) is 0 Å². The summed E-state index contributed by atoms with van der Waals surface area (Å²) in [6.45, 7) is 4.05. The predicted molar refractivity (Wildman–Crippen MR) is 133 cm³/mol. The Morgan fingerprint density at radius 1 is 1.16 bits per heavy atom. The second-order valence-electron chi connectivity index (χ2n) is 7.30. The van der Waals surface area contributed by atoms with E-state index in [1.807, 2.05) is 30.0 Å². The van der Waals surface area contributed by atoms with Crippen molar-refractivity contribution in [3.8, 4) is 0 Å². The van der Waals surface area contributed by atoms with Crippen LogP contribution >= 0.6 is 46.8 Å². The summed E-state index contributed by atoms with van der Waals surface area (Å²) in [5.74, 6) is -0.178. The van der Waals surface area contributed by atoms with E-state index in [-0.39, 0.29) is 11.6 Å². The van der Waals surface area contributed by atoms with Gasteiger partial charge in [0.15, 0.2) is 5.11 Å². The lowest BCUT2D eigenvalue weighted by Crippen LogP contribution is -2.51. The standard InChI is InChI=1S/C21H18Cl2N4O3S2/c1-12-15(22)3-2-4-16(12)24-21(31)26-9-7-25(8-10-26)20(28)19-18(23)14-6-5-13(27(29)30)11-17(14)32-19/h2-6,11H,7-10H2,1H3,(H,24,31). The molecule has 166 valence electrons. The molecule has 0 aliphatic carbocycles. The Morgan fingerprint density at radius 3 is 2.53 bits per heavy atom. The molecule has 0 atom stereocenters. The Bertz CT molecular complexity index is 1240. The monoisotopic (exact) mass is 508 g/mol. The number of carbonyl (C=O) groups is 1. The van der Waals surface area contributed by atoms with Gasteiger partial charge in [0.25, 0.3) is 11.6 Å². The first-order valence-corrected chi connectivity index (χ1v) is 11.7. The predicted octanol–water partition coefficient (Wildman–Crippen LogP) is 5.58. The lowest BCUT2D eigenvalue weighted by Gasteiger charge is -2.36. The molecule has 7 nitrogen and oxygen atoms in total. The molecule has 0 saturated carbocycles. The topological polar surface area (TPSA) is 78.7 Å². The number of benzene rings is 2. The van der Waals surface area contributed by atoms with Gasteiger partial charge in [0.2, 0.25) is 0 Å². The first-order valence-electron chi connectivity index (χ1n) is 9.73. The Balaban J connectivity index is 1.43. The van der Waals surface area contributed by atoms with E-state index in [1.165, 1.54) is 23.5 Å². The van der Waals surface area contributed by atoms with E-state index in [2.05, 4.69) is 5.32 Å². The van der Waals surface area contributed by atoms with Gasteiger partial charge in [0, 0.05) is 59.1 Å². The molecular formula is C21H18Cl2N4O3S2. The molecule has 1 fully saturated rings. The van der Waals surface area contributed by atoms with Crippen molar-refractivity contribution in [3.05, 3.63) is 67.0 Å². The third-order valence-corrected chi connectivity index (χ3v) is 7.80. The number of nitrogens with one attached hydrogen (secondary N) is 1. The molecule has 11 heteroatoms. The largest absolute Gasteiger partial charge is 0.345 e. The van der Waals surface area contributed by atoms with Crippen molar-refractivity contribution in [2.75, 3.05) is 31.5 Å². The maximum absolute atomic E-state index is 13.1. The molecule has 2 heterocycles. The third-order valence-electron chi connectivity index (χ3n) is 5.38. The average Bonchev–Trinajstić information content (AvgIpc) is 3.12. The molecule has 1 aliphatic heterocycles. The minimum atomic E-state index is -0.463. The fourth-order valence-corrected chi connectivity index (χ4v) is 5.48. The van der Waals surface area contributed by atoms with Gasteiger partial charge in [-0.1, -0.05) is 29.3 Å². The van der Waals surface area contributed by atoms with Crippen molar-refractivity contribution in [2.24, 2.45) is 0 Å². The number of thiophene rings is 1. The van der Waals surface area contributed by atoms with Gasteiger partial charge in [0.1, 0.15) is 4.88 Å². The number of non-ortho nitro benzene ring substituents is 1. The van der Waals surface area contributed by atoms with Gasteiger partial charge in [-0.25, -0.2) is 0 Å². The first-order chi connectivity index (χ1) is 15.3. The van der Waals surface area contributed by atoms with Crippen LogP contribution in [0.3, 0.4) is 0 Å². The number of amides is 1. The molecule has 0 radical (unpaired) electrons. The summed E-state index contributed by atoms with van der Waals surface area (Å²) in [6, 6.07) is 10.0. The number of nitro groups is 1. The molecule has 0 unspecified atom stereocenters. The summed E-state index contributed by atoms with van der Waals surface area (Å²) < 4.78 is 0.619. The molecule has 3 aromatic rings. The highest BCUT2D eigenvalue weighted by Crippen LogP contribution is 2.38. The van der Waals surface area contributed by atoms with E-state index >= 15 is 0 Å². The summed E-state index contributed by atoms with van der Waals surface area (Å²) >= 11 is 19.3. The van der Waals surface area contributed by atoms with Crippen LogP contribution in [-0.4, -0.2) is 51.9 Å². The molecule has 1 aliphatic rings. The van der Waals surface area contributed by atoms with Crippen molar-refractivity contribution >= 4 is 79.2 Å². The quantitative estimate of drug-likeness (QED) is 0.282. The van der Waals surface area contributed by atoms with E-state index in [1.54, 1.807) is 11.0 Å². The summed E-state index contributed by atoms with van der Waals surface area (Å²) in [6.07, 6.45) is 0. The first kappa shape index (κ1) is 22.7. The van der Waals surface area contributed by atoms with Gasteiger partial charge >= 0.3 is 0 Å². The lowest BCUT2D eigenvalue weighted by molar-refractivity contribution is -0.384. The maximum atomic E-state index is 13.1. The van der Waals surface area contributed by atoms with Gasteiger partial charge in [-0.2, -0.15) is 0 Å². The summed E-state index contributed by atoms with van der Waals surface area (Å²) in [5.41, 5.74) is 1.75. The minimum Gasteiger partial charge on any atom is -0.345 e. The number of thiocarbonyl (C=S) groups is 1. The van der Waals surface area contributed by atoms with E-state index in [4.69, 9.17) is 35.4 Å². The number of fused-ring (bicyclic) bond motifs is 1. The van der Waals surface area contributed by atoms with Crippen LogP contribution in [0.4, 0.5) is 11.4 Å². The molecule has 32 heavy (non-hydrogen) atoms. The molecule has 1 amide bonds. The Hall–Kier alpha value is -2.46. The summed E-state index contributed by atoms with van der Waals surface area (Å²) in [7, 11) is 0. The van der Waals surface area contributed by atoms with Crippen LogP contribution in [0.2, 0.25) is 10.0 Å². The maximum Gasteiger partial charge on any atom is 0.270 e. The Morgan fingerprint density at radius 2 is 1.84 bits per heavy atom. The number of hydrogen-bond donors (Lipinski definition) is 1. The Labute approximate surface area is 203 Å². The fraction of sp³-hybridized carbons (Fsp3) is 0.238. The number of hydrogen-bond acceptors (Lipinski definition) is 5. The van der Waals surface area contributed by atoms with Crippen molar-refractivity contribution in [3.63, 3.8) is 0 Å². The van der Waals surface area contributed by atoms with Crippen molar-refractivity contribution in [1.29, 1.82) is 0 Å². The SMILES string of the molecule is Cc1c(Cl)cccc1NC(=S)N1CCN(C(=O)c2sc3cc([N+](=O)[O-])ccc3c2Cl)CC1. The van der Waals surface area contributed by atoms with Crippen LogP contribution in [0.1, 0.15) is 15.2 Å². The minimum absolute atomic E-state index is 0.0287.